The average Bonchev–Trinajstić information content (AvgIpc) is 2.23. The third-order valence-corrected chi connectivity index (χ3v) is 2.78. The summed E-state index contributed by atoms with van der Waals surface area (Å²) in [6.07, 6.45) is 5.17. The molecule has 2 nitrogen and oxygen atoms in total. The molecule has 0 amide bonds. The SMILES string of the molecule is CCCNC(CC(C)C)C(CCC)OCC. The van der Waals surface area contributed by atoms with Gasteiger partial charge in [-0.15, -0.1) is 0 Å². The van der Waals surface area contributed by atoms with Gasteiger partial charge in [0.05, 0.1) is 6.10 Å². The van der Waals surface area contributed by atoms with Gasteiger partial charge in [0.15, 0.2) is 0 Å². The molecule has 0 spiro atoms. The normalized spacial score (nSPS) is 15.4. The molecule has 0 aromatic rings. The first-order valence-electron chi connectivity index (χ1n) is 7.00. The van der Waals surface area contributed by atoms with E-state index in [0.29, 0.717) is 12.1 Å². The van der Waals surface area contributed by atoms with Crippen molar-refractivity contribution >= 4 is 0 Å². The summed E-state index contributed by atoms with van der Waals surface area (Å²) in [6, 6.07) is 0.528. The van der Waals surface area contributed by atoms with E-state index >= 15 is 0 Å². The lowest BCUT2D eigenvalue weighted by molar-refractivity contribution is 0.0228. The molecule has 1 N–H and O–H groups in total. The Balaban J connectivity index is 4.26. The topological polar surface area (TPSA) is 21.3 Å². The molecular formula is C14H31NO. The third-order valence-electron chi connectivity index (χ3n) is 2.78. The fourth-order valence-corrected chi connectivity index (χ4v) is 2.10. The molecule has 0 aromatic carbocycles. The Morgan fingerprint density at radius 2 is 1.75 bits per heavy atom. The Kier molecular flexibility index (Phi) is 10.0. The molecule has 0 saturated carbocycles. The van der Waals surface area contributed by atoms with Crippen LogP contribution >= 0.6 is 0 Å². The Labute approximate surface area is 102 Å². The zero-order valence-electron chi connectivity index (χ0n) is 11.9. The highest BCUT2D eigenvalue weighted by Gasteiger charge is 2.21. The molecule has 2 heteroatoms. The van der Waals surface area contributed by atoms with Crippen molar-refractivity contribution in [2.45, 2.75) is 72.4 Å². The van der Waals surface area contributed by atoms with Crippen LogP contribution in [-0.4, -0.2) is 25.3 Å². The second kappa shape index (κ2) is 10.1. The summed E-state index contributed by atoms with van der Waals surface area (Å²) < 4.78 is 5.88. The van der Waals surface area contributed by atoms with Gasteiger partial charge in [0.1, 0.15) is 0 Å². The van der Waals surface area contributed by atoms with Gasteiger partial charge in [-0.3, -0.25) is 0 Å². The molecule has 0 aromatic heterocycles. The lowest BCUT2D eigenvalue weighted by Crippen LogP contribution is -2.42. The maximum Gasteiger partial charge on any atom is 0.0727 e. The van der Waals surface area contributed by atoms with Crippen LogP contribution in [0.15, 0.2) is 0 Å². The van der Waals surface area contributed by atoms with Crippen LogP contribution in [0.5, 0.6) is 0 Å². The molecule has 0 saturated heterocycles. The van der Waals surface area contributed by atoms with Crippen molar-refractivity contribution in [1.82, 2.24) is 5.32 Å². The zero-order chi connectivity index (χ0) is 12.4. The number of nitrogens with one attached hydrogen (secondary N) is 1. The summed E-state index contributed by atoms with van der Waals surface area (Å²) in [5, 5.41) is 3.65. The quantitative estimate of drug-likeness (QED) is 0.618. The molecule has 2 atom stereocenters. The molecular weight excluding hydrogens is 198 g/mol. The molecule has 0 heterocycles. The van der Waals surface area contributed by atoms with Gasteiger partial charge in [-0.2, -0.15) is 0 Å². The predicted molar refractivity (Wildman–Crippen MR) is 71.9 cm³/mol. The number of rotatable bonds is 10. The first kappa shape index (κ1) is 15.9. The van der Waals surface area contributed by atoms with Gasteiger partial charge in [-0.05, 0) is 38.6 Å². The first-order chi connectivity index (χ1) is 7.65. The minimum absolute atomic E-state index is 0.393. The van der Waals surface area contributed by atoms with E-state index in [1.807, 2.05) is 0 Å². The zero-order valence-corrected chi connectivity index (χ0v) is 11.9. The van der Waals surface area contributed by atoms with Crippen LogP contribution in [0.2, 0.25) is 0 Å². The summed E-state index contributed by atoms with van der Waals surface area (Å²) in [5.41, 5.74) is 0. The fourth-order valence-electron chi connectivity index (χ4n) is 2.10. The Hall–Kier alpha value is -0.0800. The second-order valence-electron chi connectivity index (χ2n) is 4.97. The number of hydrogen-bond donors (Lipinski definition) is 1. The van der Waals surface area contributed by atoms with Gasteiger partial charge in [0.2, 0.25) is 0 Å². The Bertz CT molecular complexity index is 142. The van der Waals surface area contributed by atoms with Gasteiger partial charge < -0.3 is 10.1 Å². The molecule has 0 aliphatic carbocycles. The highest BCUT2D eigenvalue weighted by Crippen LogP contribution is 2.15. The minimum atomic E-state index is 0.393. The number of hydrogen-bond acceptors (Lipinski definition) is 2. The summed E-state index contributed by atoms with van der Waals surface area (Å²) in [4.78, 5) is 0. The van der Waals surface area contributed by atoms with E-state index in [1.165, 1.54) is 25.7 Å². The summed E-state index contributed by atoms with van der Waals surface area (Å²) in [7, 11) is 0. The molecule has 0 aliphatic heterocycles. The average molecular weight is 229 g/mol. The minimum Gasteiger partial charge on any atom is -0.377 e. The first-order valence-corrected chi connectivity index (χ1v) is 7.00. The van der Waals surface area contributed by atoms with E-state index in [4.69, 9.17) is 4.74 Å². The van der Waals surface area contributed by atoms with Crippen LogP contribution in [-0.2, 0) is 4.74 Å². The van der Waals surface area contributed by atoms with Gasteiger partial charge in [-0.1, -0.05) is 34.1 Å². The highest BCUT2D eigenvalue weighted by molar-refractivity contribution is 4.78. The van der Waals surface area contributed by atoms with Gasteiger partial charge >= 0.3 is 0 Å². The molecule has 0 bridgehead atoms. The van der Waals surface area contributed by atoms with Crippen molar-refractivity contribution in [3.63, 3.8) is 0 Å². The summed E-state index contributed by atoms with van der Waals surface area (Å²) in [6.45, 7) is 13.0. The molecule has 0 rings (SSSR count). The Morgan fingerprint density at radius 3 is 2.19 bits per heavy atom. The summed E-state index contributed by atoms with van der Waals surface area (Å²) >= 11 is 0. The van der Waals surface area contributed by atoms with Crippen LogP contribution in [0, 0.1) is 5.92 Å². The molecule has 16 heavy (non-hydrogen) atoms. The van der Waals surface area contributed by atoms with E-state index in [2.05, 4.69) is 39.9 Å². The monoisotopic (exact) mass is 229 g/mol. The largest absolute Gasteiger partial charge is 0.377 e. The van der Waals surface area contributed by atoms with Crippen molar-refractivity contribution in [3.05, 3.63) is 0 Å². The van der Waals surface area contributed by atoms with E-state index in [9.17, 15) is 0 Å². The molecule has 0 fully saturated rings. The van der Waals surface area contributed by atoms with Crippen LogP contribution in [0.3, 0.4) is 0 Å². The van der Waals surface area contributed by atoms with E-state index in [1.54, 1.807) is 0 Å². The van der Waals surface area contributed by atoms with Crippen LogP contribution in [0.25, 0.3) is 0 Å². The molecule has 2 unspecified atom stereocenters. The van der Waals surface area contributed by atoms with Crippen LogP contribution < -0.4 is 5.32 Å². The lowest BCUT2D eigenvalue weighted by Gasteiger charge is -2.29. The highest BCUT2D eigenvalue weighted by atomic mass is 16.5. The van der Waals surface area contributed by atoms with Crippen molar-refractivity contribution in [1.29, 1.82) is 0 Å². The van der Waals surface area contributed by atoms with Gasteiger partial charge in [-0.25, -0.2) is 0 Å². The van der Waals surface area contributed by atoms with Crippen molar-refractivity contribution < 1.29 is 4.74 Å². The van der Waals surface area contributed by atoms with E-state index in [0.717, 1.165) is 19.1 Å². The van der Waals surface area contributed by atoms with Crippen LogP contribution in [0.1, 0.15) is 60.3 Å². The molecule has 0 radical (unpaired) electrons. The summed E-state index contributed by atoms with van der Waals surface area (Å²) in [5.74, 6) is 0.731. The van der Waals surface area contributed by atoms with E-state index < -0.39 is 0 Å². The van der Waals surface area contributed by atoms with Crippen molar-refractivity contribution in [2.24, 2.45) is 5.92 Å². The Morgan fingerprint density at radius 1 is 1.06 bits per heavy atom. The second-order valence-corrected chi connectivity index (χ2v) is 4.97. The predicted octanol–water partition coefficient (Wildman–Crippen LogP) is 3.61. The van der Waals surface area contributed by atoms with Crippen LogP contribution in [0.4, 0.5) is 0 Å². The maximum atomic E-state index is 5.88. The van der Waals surface area contributed by atoms with Crippen molar-refractivity contribution in [2.75, 3.05) is 13.2 Å². The van der Waals surface area contributed by atoms with Crippen molar-refractivity contribution in [3.8, 4) is 0 Å². The number of ether oxygens (including phenoxy) is 1. The third kappa shape index (κ3) is 7.24. The molecule has 98 valence electrons. The van der Waals surface area contributed by atoms with Gasteiger partial charge in [0.25, 0.3) is 0 Å². The lowest BCUT2D eigenvalue weighted by atomic mass is 9.96. The van der Waals surface area contributed by atoms with Gasteiger partial charge in [0, 0.05) is 12.6 Å². The van der Waals surface area contributed by atoms with E-state index in [-0.39, 0.29) is 0 Å². The smallest absolute Gasteiger partial charge is 0.0727 e. The fraction of sp³-hybridized carbons (Fsp3) is 1.00. The molecule has 0 aliphatic rings. The standard InChI is InChI=1S/C14H31NO/c1-6-9-14(16-8-3)13(11-12(4)5)15-10-7-2/h12-15H,6-11H2,1-5H3. The maximum absolute atomic E-state index is 5.88.